The van der Waals surface area contributed by atoms with E-state index in [-0.39, 0.29) is 36.1 Å². The van der Waals surface area contributed by atoms with Crippen molar-refractivity contribution >= 4 is 43.5 Å². The van der Waals surface area contributed by atoms with Gasteiger partial charge in [-0.2, -0.15) is 0 Å². The van der Waals surface area contributed by atoms with Gasteiger partial charge >= 0.3 is 0 Å². The number of rotatable bonds is 2. The molecule has 2 heterocycles. The van der Waals surface area contributed by atoms with E-state index in [2.05, 4.69) is 21.2 Å². The van der Waals surface area contributed by atoms with Crippen LogP contribution in [0.2, 0.25) is 0 Å². The van der Waals surface area contributed by atoms with Gasteiger partial charge in [0.15, 0.2) is 9.84 Å². The highest BCUT2D eigenvalue weighted by Gasteiger charge is 2.39. The number of halogens is 1. The van der Waals surface area contributed by atoms with Crippen LogP contribution >= 0.6 is 15.9 Å². The summed E-state index contributed by atoms with van der Waals surface area (Å²) in [6.45, 7) is 0.149. The number of carbonyl (C=O) groups excluding carboxylic acids is 3. The lowest BCUT2D eigenvalue weighted by Gasteiger charge is -2.29. The maximum atomic E-state index is 12.5. The molecule has 0 saturated carbocycles. The lowest BCUT2D eigenvalue weighted by molar-refractivity contribution is -0.136. The molecule has 3 amide bonds. The Bertz CT molecular complexity index is 849. The molecule has 0 spiro atoms. The SMILES string of the molecule is CS(=O)(=O)c1cc2c(cc1Br)C(=O)N(C1CCC(=O)NC1=O)C2. The first kappa shape index (κ1) is 16.1. The second-order valence-electron chi connectivity index (χ2n) is 5.61. The van der Waals surface area contributed by atoms with Gasteiger partial charge in [0.2, 0.25) is 11.8 Å². The van der Waals surface area contributed by atoms with Gasteiger partial charge in [-0.1, -0.05) is 0 Å². The van der Waals surface area contributed by atoms with Crippen LogP contribution in [0, 0.1) is 0 Å². The fourth-order valence-corrected chi connectivity index (χ4v) is 4.85. The van der Waals surface area contributed by atoms with Crippen molar-refractivity contribution in [2.45, 2.75) is 30.3 Å². The average molecular weight is 401 g/mol. The number of piperidine rings is 1. The molecule has 0 bridgehead atoms. The van der Waals surface area contributed by atoms with Crippen molar-refractivity contribution in [1.29, 1.82) is 0 Å². The molecule has 1 atom stereocenters. The molecule has 7 nitrogen and oxygen atoms in total. The molecule has 23 heavy (non-hydrogen) atoms. The minimum Gasteiger partial charge on any atom is -0.322 e. The van der Waals surface area contributed by atoms with Crippen molar-refractivity contribution < 1.29 is 22.8 Å². The first-order valence-corrected chi connectivity index (χ1v) is 9.54. The second-order valence-corrected chi connectivity index (χ2v) is 8.45. The zero-order chi connectivity index (χ0) is 16.9. The number of nitrogens with zero attached hydrogens (tertiary/aromatic N) is 1. The molecular formula is C14H13BrN2O5S. The van der Waals surface area contributed by atoms with Gasteiger partial charge in [-0.3, -0.25) is 19.7 Å². The molecule has 1 unspecified atom stereocenters. The number of hydrogen-bond acceptors (Lipinski definition) is 5. The molecule has 3 rings (SSSR count). The van der Waals surface area contributed by atoms with Crippen LogP contribution in [0.3, 0.4) is 0 Å². The van der Waals surface area contributed by atoms with E-state index in [9.17, 15) is 22.8 Å². The summed E-state index contributed by atoms with van der Waals surface area (Å²) in [5.74, 6) is -1.18. The largest absolute Gasteiger partial charge is 0.322 e. The fraction of sp³-hybridized carbons (Fsp3) is 0.357. The zero-order valence-corrected chi connectivity index (χ0v) is 14.5. The van der Waals surface area contributed by atoms with Gasteiger partial charge in [-0.05, 0) is 40.0 Å². The van der Waals surface area contributed by atoms with Gasteiger partial charge in [0.05, 0.1) is 4.90 Å². The highest BCUT2D eigenvalue weighted by atomic mass is 79.9. The standard InChI is InChI=1S/C14H13BrN2O5S/c1-23(21,22)11-4-7-6-17(14(20)8(7)5-9(11)15)10-2-3-12(18)16-13(10)19/h4-5,10H,2-3,6H2,1H3,(H,16,18,19). The van der Waals surface area contributed by atoms with Gasteiger partial charge in [-0.25, -0.2) is 8.42 Å². The van der Waals surface area contributed by atoms with E-state index in [1.807, 2.05) is 0 Å². The Hall–Kier alpha value is -1.74. The molecule has 1 saturated heterocycles. The third kappa shape index (κ3) is 2.78. The van der Waals surface area contributed by atoms with Crippen molar-refractivity contribution in [3.63, 3.8) is 0 Å². The molecule has 1 fully saturated rings. The summed E-state index contributed by atoms with van der Waals surface area (Å²) in [5.41, 5.74) is 0.928. The predicted molar refractivity (Wildman–Crippen MR) is 83.3 cm³/mol. The van der Waals surface area contributed by atoms with Crippen LogP contribution in [-0.4, -0.2) is 43.3 Å². The van der Waals surface area contributed by atoms with Crippen LogP contribution in [0.4, 0.5) is 0 Å². The van der Waals surface area contributed by atoms with E-state index >= 15 is 0 Å². The lowest BCUT2D eigenvalue weighted by atomic mass is 10.0. The Balaban J connectivity index is 1.96. The second kappa shape index (κ2) is 5.41. The van der Waals surface area contributed by atoms with Gasteiger partial charge in [0.25, 0.3) is 5.91 Å². The van der Waals surface area contributed by atoms with Crippen molar-refractivity contribution in [2.24, 2.45) is 0 Å². The van der Waals surface area contributed by atoms with Crippen LogP contribution in [0.15, 0.2) is 21.5 Å². The minimum absolute atomic E-state index is 0.106. The molecule has 122 valence electrons. The first-order chi connectivity index (χ1) is 10.7. The van der Waals surface area contributed by atoms with Crippen LogP contribution in [0.25, 0.3) is 0 Å². The summed E-state index contributed by atoms with van der Waals surface area (Å²) in [6, 6.07) is 2.21. The van der Waals surface area contributed by atoms with Crippen LogP contribution in [0.1, 0.15) is 28.8 Å². The quantitative estimate of drug-likeness (QED) is 0.733. The Morgan fingerprint density at radius 1 is 1.26 bits per heavy atom. The summed E-state index contributed by atoms with van der Waals surface area (Å²) >= 11 is 3.17. The maximum Gasteiger partial charge on any atom is 0.255 e. The monoisotopic (exact) mass is 400 g/mol. The summed E-state index contributed by atoms with van der Waals surface area (Å²) < 4.78 is 23.9. The van der Waals surface area contributed by atoms with Crippen LogP contribution < -0.4 is 5.32 Å². The molecule has 2 aliphatic heterocycles. The molecule has 1 N–H and O–H groups in total. The highest BCUT2D eigenvalue weighted by Crippen LogP contribution is 2.33. The normalized spacial score (nSPS) is 21.4. The minimum atomic E-state index is -3.43. The number of hydrogen-bond donors (Lipinski definition) is 1. The molecule has 2 aliphatic rings. The van der Waals surface area contributed by atoms with E-state index in [0.717, 1.165) is 6.26 Å². The molecule has 0 radical (unpaired) electrons. The van der Waals surface area contributed by atoms with E-state index in [0.29, 0.717) is 15.6 Å². The van der Waals surface area contributed by atoms with Crippen molar-refractivity contribution in [1.82, 2.24) is 10.2 Å². The number of carbonyl (C=O) groups is 3. The topological polar surface area (TPSA) is 101 Å². The summed E-state index contributed by atoms with van der Waals surface area (Å²) in [5, 5.41) is 2.22. The highest BCUT2D eigenvalue weighted by molar-refractivity contribution is 9.10. The Morgan fingerprint density at radius 2 is 1.96 bits per heavy atom. The maximum absolute atomic E-state index is 12.5. The first-order valence-electron chi connectivity index (χ1n) is 6.85. The molecule has 0 aliphatic carbocycles. The van der Waals surface area contributed by atoms with Gasteiger partial charge in [0.1, 0.15) is 6.04 Å². The smallest absolute Gasteiger partial charge is 0.255 e. The summed E-state index contributed by atoms with van der Waals surface area (Å²) in [7, 11) is -3.43. The molecule has 1 aromatic rings. The number of sulfone groups is 1. The molecular weight excluding hydrogens is 388 g/mol. The zero-order valence-electron chi connectivity index (χ0n) is 12.1. The number of fused-ring (bicyclic) bond motifs is 1. The van der Waals surface area contributed by atoms with Gasteiger partial charge in [-0.15, -0.1) is 0 Å². The van der Waals surface area contributed by atoms with Crippen LogP contribution in [-0.2, 0) is 26.0 Å². The van der Waals surface area contributed by atoms with Crippen LogP contribution in [0.5, 0.6) is 0 Å². The Labute approximate surface area is 141 Å². The predicted octanol–water partition coefficient (Wildman–Crippen LogP) is 0.614. The number of nitrogens with one attached hydrogen (secondary N) is 1. The third-order valence-electron chi connectivity index (χ3n) is 3.98. The number of benzene rings is 1. The van der Waals surface area contributed by atoms with Crippen molar-refractivity contribution in [3.05, 3.63) is 27.7 Å². The van der Waals surface area contributed by atoms with Gasteiger partial charge in [0, 0.05) is 29.3 Å². The van der Waals surface area contributed by atoms with E-state index in [1.165, 1.54) is 17.0 Å². The van der Waals surface area contributed by atoms with E-state index in [1.54, 1.807) is 0 Å². The summed E-state index contributed by atoms with van der Waals surface area (Å²) in [6.07, 6.45) is 1.54. The third-order valence-corrected chi connectivity index (χ3v) is 6.03. The lowest BCUT2D eigenvalue weighted by Crippen LogP contribution is -2.52. The van der Waals surface area contributed by atoms with E-state index in [4.69, 9.17) is 0 Å². The summed E-state index contributed by atoms with van der Waals surface area (Å²) in [4.78, 5) is 37.2. The van der Waals surface area contributed by atoms with Crippen molar-refractivity contribution in [3.8, 4) is 0 Å². The Kier molecular flexibility index (Phi) is 3.80. The fourth-order valence-electron chi connectivity index (χ4n) is 2.85. The van der Waals surface area contributed by atoms with E-state index < -0.39 is 21.8 Å². The average Bonchev–Trinajstić information content (AvgIpc) is 2.74. The Morgan fingerprint density at radius 3 is 2.57 bits per heavy atom. The van der Waals surface area contributed by atoms with Crippen molar-refractivity contribution in [2.75, 3.05) is 6.26 Å². The van der Waals surface area contributed by atoms with Gasteiger partial charge < -0.3 is 4.90 Å². The molecule has 1 aromatic carbocycles. The number of imide groups is 1. The molecule has 0 aromatic heterocycles. The number of amides is 3. The molecule has 9 heteroatoms.